The van der Waals surface area contributed by atoms with Gasteiger partial charge in [0.1, 0.15) is 11.9 Å². The van der Waals surface area contributed by atoms with E-state index < -0.39 is 12.7 Å². The first kappa shape index (κ1) is 28.6. The molecule has 210 valence electrons. The first-order chi connectivity index (χ1) is 18.9. The van der Waals surface area contributed by atoms with Crippen molar-refractivity contribution in [3.63, 3.8) is 0 Å². The van der Waals surface area contributed by atoms with E-state index >= 15 is 0 Å². The third-order valence-electron chi connectivity index (χ3n) is 6.99. The highest BCUT2D eigenvalue weighted by Gasteiger charge is 2.24. The molecule has 0 saturated heterocycles. The molecule has 11 heteroatoms. The number of benzene rings is 1. The van der Waals surface area contributed by atoms with Crippen molar-refractivity contribution in [1.82, 2.24) is 14.9 Å². The SMILES string of the molecule is CC(=O)[C@H](CCN(CCCCc1ccc2c(n1)NCCC2)CCOC(F)F)Nc1c2ccccc2nc[n+]1O. The molecule has 0 radical (unpaired) electrons. The molecule has 4 rings (SSSR count). The molecule has 0 aliphatic carbocycles. The Bertz CT molecular complexity index is 1250. The lowest BCUT2D eigenvalue weighted by Gasteiger charge is -2.24. The zero-order valence-corrected chi connectivity index (χ0v) is 22.3. The highest BCUT2D eigenvalue weighted by molar-refractivity contribution is 5.90. The second kappa shape index (κ2) is 14.1. The summed E-state index contributed by atoms with van der Waals surface area (Å²) in [6.07, 6.45) is 6.47. The predicted molar refractivity (Wildman–Crippen MR) is 144 cm³/mol. The topological polar surface area (TPSA) is 103 Å². The summed E-state index contributed by atoms with van der Waals surface area (Å²) < 4.78 is 30.5. The number of ketones is 1. The number of carbonyl (C=O) groups is 1. The maximum atomic E-state index is 12.6. The lowest BCUT2D eigenvalue weighted by molar-refractivity contribution is -0.894. The van der Waals surface area contributed by atoms with E-state index in [1.54, 1.807) is 0 Å². The molecule has 1 aliphatic heterocycles. The van der Waals surface area contributed by atoms with E-state index in [4.69, 9.17) is 4.98 Å². The summed E-state index contributed by atoms with van der Waals surface area (Å²) in [5, 5.41) is 17.6. The van der Waals surface area contributed by atoms with Crippen LogP contribution in [0, 0.1) is 0 Å². The summed E-state index contributed by atoms with van der Waals surface area (Å²) in [5.74, 6) is 1.27. The Morgan fingerprint density at radius 3 is 2.87 bits per heavy atom. The molecule has 0 bridgehead atoms. The molecule has 1 aromatic carbocycles. The summed E-state index contributed by atoms with van der Waals surface area (Å²) in [6.45, 7) is 1.03. The molecule has 0 unspecified atom stereocenters. The monoisotopic (exact) mass is 543 g/mol. The largest absolute Gasteiger partial charge is 0.371 e. The lowest BCUT2D eigenvalue weighted by atomic mass is 10.1. The summed E-state index contributed by atoms with van der Waals surface area (Å²) in [4.78, 5) is 23.5. The maximum absolute atomic E-state index is 12.6. The fourth-order valence-corrected chi connectivity index (χ4v) is 4.84. The van der Waals surface area contributed by atoms with Gasteiger partial charge in [0.25, 0.3) is 12.1 Å². The molecule has 39 heavy (non-hydrogen) atoms. The van der Waals surface area contributed by atoms with Crippen molar-refractivity contribution in [1.29, 1.82) is 0 Å². The number of aromatic nitrogens is 3. The van der Waals surface area contributed by atoms with Crippen LogP contribution in [-0.2, 0) is 22.4 Å². The molecule has 9 nitrogen and oxygen atoms in total. The summed E-state index contributed by atoms with van der Waals surface area (Å²) in [5.41, 5.74) is 2.98. The minimum atomic E-state index is -2.82. The maximum Gasteiger partial charge on any atom is 0.345 e. The Labute approximate surface area is 227 Å². The lowest BCUT2D eigenvalue weighted by Crippen LogP contribution is -2.41. The van der Waals surface area contributed by atoms with Gasteiger partial charge in [-0.3, -0.25) is 10.1 Å². The molecular formula is C28H37F2N6O3+. The molecule has 2 aromatic heterocycles. The number of aryl methyl sites for hydroxylation is 2. The molecule has 0 saturated carbocycles. The van der Waals surface area contributed by atoms with Crippen molar-refractivity contribution in [2.24, 2.45) is 0 Å². The van der Waals surface area contributed by atoms with Gasteiger partial charge in [0, 0.05) is 31.7 Å². The number of Topliss-reactive ketones (excluding diaryl/α,β-unsaturated/α-hetero) is 1. The van der Waals surface area contributed by atoms with Gasteiger partial charge in [-0.2, -0.15) is 8.78 Å². The number of alkyl halides is 2. The number of carbonyl (C=O) groups excluding carboxylic acids is 1. The summed E-state index contributed by atoms with van der Waals surface area (Å²) in [7, 11) is 0. The van der Waals surface area contributed by atoms with E-state index in [1.165, 1.54) is 18.8 Å². The highest BCUT2D eigenvalue weighted by atomic mass is 19.3. The zero-order chi connectivity index (χ0) is 27.6. The van der Waals surface area contributed by atoms with Crippen LogP contribution in [0.3, 0.4) is 0 Å². The van der Waals surface area contributed by atoms with Gasteiger partial charge in [-0.05, 0) is 69.3 Å². The number of para-hydroxylation sites is 1. The third-order valence-corrected chi connectivity index (χ3v) is 6.99. The molecule has 3 aromatic rings. The van der Waals surface area contributed by atoms with Gasteiger partial charge >= 0.3 is 6.61 Å². The van der Waals surface area contributed by atoms with Gasteiger partial charge in [-0.15, -0.1) is 4.98 Å². The molecule has 1 atom stereocenters. The van der Waals surface area contributed by atoms with Crippen molar-refractivity contribution in [2.75, 3.05) is 43.4 Å². The van der Waals surface area contributed by atoms with Crippen LogP contribution in [0.2, 0.25) is 0 Å². The highest BCUT2D eigenvalue weighted by Crippen LogP contribution is 2.21. The zero-order valence-electron chi connectivity index (χ0n) is 22.3. The van der Waals surface area contributed by atoms with Crippen molar-refractivity contribution in [3.05, 3.63) is 54.0 Å². The number of pyridine rings is 1. The number of halogens is 2. The fraction of sp³-hybridized carbons (Fsp3) is 0.500. The van der Waals surface area contributed by atoms with E-state index in [0.29, 0.717) is 42.8 Å². The first-order valence-electron chi connectivity index (χ1n) is 13.5. The van der Waals surface area contributed by atoms with Gasteiger partial charge < -0.3 is 20.2 Å². The Kier molecular flexibility index (Phi) is 10.3. The quantitative estimate of drug-likeness (QED) is 0.151. The van der Waals surface area contributed by atoms with Gasteiger partial charge in [-0.1, -0.05) is 22.9 Å². The van der Waals surface area contributed by atoms with E-state index in [1.807, 2.05) is 29.2 Å². The van der Waals surface area contributed by atoms with Crippen molar-refractivity contribution in [2.45, 2.75) is 58.1 Å². The number of ether oxygens (including phenoxy) is 1. The average molecular weight is 544 g/mol. The molecule has 3 N–H and O–H groups in total. The van der Waals surface area contributed by atoms with E-state index in [2.05, 4.69) is 32.5 Å². The molecule has 3 heterocycles. The van der Waals surface area contributed by atoms with Crippen molar-refractivity contribution >= 4 is 28.3 Å². The second-order valence-electron chi connectivity index (χ2n) is 9.82. The Hall–Kier alpha value is -3.44. The Balaban J connectivity index is 1.34. The Morgan fingerprint density at radius 2 is 2.05 bits per heavy atom. The second-order valence-corrected chi connectivity index (χ2v) is 9.82. The molecule has 0 spiro atoms. The predicted octanol–water partition coefficient (Wildman–Crippen LogP) is 3.84. The van der Waals surface area contributed by atoms with Gasteiger partial charge in [0.05, 0.1) is 12.0 Å². The molecular weight excluding hydrogens is 506 g/mol. The van der Waals surface area contributed by atoms with Crippen LogP contribution >= 0.6 is 0 Å². The van der Waals surface area contributed by atoms with Gasteiger partial charge in [0.15, 0.2) is 11.3 Å². The molecule has 1 aliphatic rings. The average Bonchev–Trinajstić information content (AvgIpc) is 2.93. The van der Waals surface area contributed by atoms with Crippen LogP contribution < -0.4 is 15.4 Å². The van der Waals surface area contributed by atoms with Crippen molar-refractivity contribution in [3.8, 4) is 0 Å². The number of hydrogen-bond acceptors (Lipinski definition) is 8. The fourth-order valence-electron chi connectivity index (χ4n) is 4.84. The summed E-state index contributed by atoms with van der Waals surface area (Å²) in [6, 6.07) is 11.0. The van der Waals surface area contributed by atoms with Crippen LogP contribution in [0.5, 0.6) is 0 Å². The molecule has 0 amide bonds. The number of nitrogens with zero attached hydrogens (tertiary/aromatic N) is 4. The normalized spacial score (nSPS) is 13.9. The number of anilines is 2. The van der Waals surface area contributed by atoms with E-state index in [0.717, 1.165) is 54.9 Å². The van der Waals surface area contributed by atoms with E-state index in [9.17, 15) is 18.8 Å². The Morgan fingerprint density at radius 1 is 1.21 bits per heavy atom. The number of fused-ring (bicyclic) bond motifs is 2. The first-order valence-corrected chi connectivity index (χ1v) is 13.5. The van der Waals surface area contributed by atoms with Crippen LogP contribution in [0.4, 0.5) is 20.4 Å². The molecule has 0 fully saturated rings. The number of unbranched alkanes of at least 4 members (excludes halogenated alkanes) is 1. The summed E-state index contributed by atoms with van der Waals surface area (Å²) >= 11 is 0. The minimum absolute atomic E-state index is 0.0910. The standard InChI is InChI=1S/C28H36F2N6O3/c1-20(37)24(34-27-23-9-2-3-10-25(23)32-19-36(27)38)13-16-35(17-18-39-28(29)30)15-5-4-8-22-12-11-21-7-6-14-31-26(21)33-22/h2-3,9-12,19,24,28,38H,4-8,13-18H2,1H3,(H,31,33)/p+1/t24-/m0/s1. The number of hydrogen-bond donors (Lipinski definition) is 3. The smallest absolute Gasteiger partial charge is 0.345 e. The third kappa shape index (κ3) is 8.27. The van der Waals surface area contributed by atoms with Crippen LogP contribution in [0.1, 0.15) is 43.9 Å². The minimum Gasteiger partial charge on any atom is -0.371 e. The van der Waals surface area contributed by atoms with Crippen LogP contribution in [0.15, 0.2) is 42.7 Å². The number of rotatable bonds is 15. The van der Waals surface area contributed by atoms with Crippen LogP contribution in [-0.4, -0.2) is 71.3 Å². The van der Waals surface area contributed by atoms with E-state index in [-0.39, 0.29) is 12.4 Å². The van der Waals surface area contributed by atoms with Gasteiger partial charge in [-0.25, -0.2) is 4.98 Å². The van der Waals surface area contributed by atoms with Crippen LogP contribution in [0.25, 0.3) is 10.9 Å². The van der Waals surface area contributed by atoms with Crippen molar-refractivity contribution < 1.29 is 28.2 Å². The number of nitrogens with one attached hydrogen (secondary N) is 2. The van der Waals surface area contributed by atoms with Gasteiger partial charge in [0.2, 0.25) is 0 Å².